The fourth-order valence-electron chi connectivity index (χ4n) is 3.54. The molecule has 0 saturated carbocycles. The van der Waals surface area contributed by atoms with Crippen molar-refractivity contribution in [3.05, 3.63) is 12.2 Å². The first-order valence-electron chi connectivity index (χ1n) is 13.9. The summed E-state index contributed by atoms with van der Waals surface area (Å²) < 4.78 is 15.4. The quantitative estimate of drug-likeness (QED) is 0.0705. The lowest BCUT2D eigenvalue weighted by Crippen LogP contribution is -2.33. The van der Waals surface area contributed by atoms with E-state index in [0.29, 0.717) is 13.0 Å². The minimum atomic E-state index is -0.803. The van der Waals surface area contributed by atoms with Gasteiger partial charge >= 0.3 is 18.0 Å². The molecule has 204 valence electrons. The van der Waals surface area contributed by atoms with Crippen LogP contribution in [0, 0.1) is 0 Å². The zero-order valence-electron chi connectivity index (χ0n) is 22.6. The minimum Gasteiger partial charge on any atom is -0.462 e. The third-order valence-corrected chi connectivity index (χ3v) is 5.61. The van der Waals surface area contributed by atoms with Crippen LogP contribution in [-0.4, -0.2) is 43.9 Å². The Hall–Kier alpha value is -2.05. The van der Waals surface area contributed by atoms with Gasteiger partial charge in [0.25, 0.3) is 0 Å². The predicted octanol–water partition coefficient (Wildman–Crippen LogP) is 7.03. The zero-order valence-corrected chi connectivity index (χ0v) is 22.6. The van der Waals surface area contributed by atoms with Crippen molar-refractivity contribution in [1.29, 1.82) is 0 Å². The summed E-state index contributed by atoms with van der Waals surface area (Å²) in [6, 6.07) is 0. The van der Waals surface area contributed by atoms with Gasteiger partial charge in [-0.1, -0.05) is 83.8 Å². The second-order valence-corrected chi connectivity index (χ2v) is 9.13. The van der Waals surface area contributed by atoms with Crippen molar-refractivity contribution in [3.8, 4) is 0 Å². The van der Waals surface area contributed by atoms with E-state index in [2.05, 4.69) is 24.4 Å². The molecule has 0 fully saturated rings. The molecule has 0 aliphatic carbocycles. The first kappa shape index (κ1) is 33.0. The van der Waals surface area contributed by atoms with Crippen LogP contribution < -0.4 is 5.32 Å². The summed E-state index contributed by atoms with van der Waals surface area (Å²) in [7, 11) is 0. The van der Waals surface area contributed by atoms with Crippen LogP contribution in [0.5, 0.6) is 0 Å². The monoisotopic (exact) mass is 497 g/mol. The van der Waals surface area contributed by atoms with E-state index in [9.17, 15) is 14.4 Å². The number of unbranched alkanes of at least 4 members (excludes halogenated alkanes) is 12. The number of rotatable bonds is 23. The van der Waals surface area contributed by atoms with Crippen LogP contribution in [0.25, 0.3) is 0 Å². The average molecular weight is 498 g/mol. The normalized spacial score (nSPS) is 11.9. The number of allylic oxidation sites excluding steroid dienone is 2. The van der Waals surface area contributed by atoms with E-state index in [0.717, 1.165) is 38.5 Å². The van der Waals surface area contributed by atoms with E-state index in [-0.39, 0.29) is 19.2 Å². The van der Waals surface area contributed by atoms with Crippen molar-refractivity contribution in [3.63, 3.8) is 0 Å². The molecule has 0 bridgehead atoms. The van der Waals surface area contributed by atoms with Crippen molar-refractivity contribution in [2.24, 2.45) is 0 Å². The number of ether oxygens (including phenoxy) is 3. The molecule has 1 N–H and O–H groups in total. The standard InChI is InChI=1S/C28H51NO6/c1-4-6-8-9-10-11-12-13-14-15-16-17-18-19-20-21-27(31)33-23-26(35-25(3)30)24-34-28(32)29-22-7-5-2/h13-14,26H,4-12,15-24H2,1-3H3,(H,29,32)/b14-13-. The average Bonchev–Trinajstić information content (AvgIpc) is 2.83. The van der Waals surface area contributed by atoms with E-state index in [1.165, 1.54) is 64.7 Å². The highest BCUT2D eigenvalue weighted by Crippen LogP contribution is 2.10. The predicted molar refractivity (Wildman–Crippen MR) is 140 cm³/mol. The fourth-order valence-corrected chi connectivity index (χ4v) is 3.54. The molecule has 0 aromatic carbocycles. The van der Waals surface area contributed by atoms with Gasteiger partial charge in [0.2, 0.25) is 0 Å². The number of hydrogen-bond acceptors (Lipinski definition) is 6. The number of esters is 2. The molecule has 1 amide bonds. The van der Waals surface area contributed by atoms with Gasteiger partial charge in [0, 0.05) is 19.9 Å². The van der Waals surface area contributed by atoms with Crippen molar-refractivity contribution in [1.82, 2.24) is 5.32 Å². The van der Waals surface area contributed by atoms with E-state index >= 15 is 0 Å². The van der Waals surface area contributed by atoms with Crippen molar-refractivity contribution in [2.75, 3.05) is 19.8 Å². The molecule has 0 aromatic heterocycles. The van der Waals surface area contributed by atoms with Crippen LogP contribution in [-0.2, 0) is 23.8 Å². The van der Waals surface area contributed by atoms with Gasteiger partial charge in [-0.3, -0.25) is 9.59 Å². The number of alkyl carbamates (subject to hydrolysis) is 1. The Bertz CT molecular complexity index is 564. The summed E-state index contributed by atoms with van der Waals surface area (Å²) in [6.07, 6.45) is 21.0. The van der Waals surface area contributed by atoms with Crippen molar-refractivity contribution < 1.29 is 28.6 Å². The van der Waals surface area contributed by atoms with Gasteiger partial charge in [0.15, 0.2) is 6.10 Å². The molecule has 0 spiro atoms. The van der Waals surface area contributed by atoms with Gasteiger partial charge < -0.3 is 19.5 Å². The first-order valence-corrected chi connectivity index (χ1v) is 13.9. The van der Waals surface area contributed by atoms with E-state index < -0.39 is 18.2 Å². The zero-order chi connectivity index (χ0) is 26.0. The molecule has 0 aromatic rings. The van der Waals surface area contributed by atoms with Crippen LogP contribution in [0.15, 0.2) is 12.2 Å². The lowest BCUT2D eigenvalue weighted by atomic mass is 10.1. The van der Waals surface area contributed by atoms with Gasteiger partial charge in [-0.15, -0.1) is 0 Å². The van der Waals surface area contributed by atoms with Gasteiger partial charge in [0.1, 0.15) is 13.2 Å². The third kappa shape index (κ3) is 24.9. The topological polar surface area (TPSA) is 90.9 Å². The Morgan fingerprint density at radius 2 is 1.26 bits per heavy atom. The number of carbonyl (C=O) groups is 3. The second-order valence-electron chi connectivity index (χ2n) is 9.13. The summed E-state index contributed by atoms with van der Waals surface area (Å²) in [5, 5.41) is 2.62. The van der Waals surface area contributed by atoms with Crippen LogP contribution in [0.4, 0.5) is 4.79 Å². The molecule has 7 heteroatoms. The number of hydrogen-bond donors (Lipinski definition) is 1. The third-order valence-electron chi connectivity index (χ3n) is 5.61. The summed E-state index contributed by atoms with van der Waals surface area (Å²) in [4.78, 5) is 34.9. The molecule has 0 saturated heterocycles. The van der Waals surface area contributed by atoms with E-state index in [1.54, 1.807) is 0 Å². The minimum absolute atomic E-state index is 0.119. The highest BCUT2D eigenvalue weighted by Gasteiger charge is 2.17. The van der Waals surface area contributed by atoms with Crippen LogP contribution in [0.1, 0.15) is 124 Å². The summed E-state index contributed by atoms with van der Waals surface area (Å²) in [5.74, 6) is -0.842. The lowest BCUT2D eigenvalue weighted by Gasteiger charge is -2.17. The summed E-state index contributed by atoms with van der Waals surface area (Å²) >= 11 is 0. The molecule has 1 atom stereocenters. The van der Waals surface area contributed by atoms with Crippen LogP contribution in [0.2, 0.25) is 0 Å². The Kier molecular flexibility index (Phi) is 23.6. The Balaban J connectivity index is 3.74. The molecule has 1 unspecified atom stereocenters. The SMILES string of the molecule is CCCCCCCC/C=C\CCCCCCCC(=O)OCC(COC(=O)NCCCC)OC(C)=O. The van der Waals surface area contributed by atoms with Crippen molar-refractivity contribution >= 4 is 18.0 Å². The maximum atomic E-state index is 12.0. The molecule has 0 radical (unpaired) electrons. The van der Waals surface area contributed by atoms with Gasteiger partial charge in [-0.25, -0.2) is 4.79 Å². The lowest BCUT2D eigenvalue weighted by molar-refractivity contribution is -0.159. The fraction of sp³-hybridized carbons (Fsp3) is 0.821. The largest absolute Gasteiger partial charge is 0.462 e. The van der Waals surface area contributed by atoms with Gasteiger partial charge in [-0.05, 0) is 38.5 Å². The maximum Gasteiger partial charge on any atom is 0.407 e. The molecule has 0 aliphatic heterocycles. The van der Waals surface area contributed by atoms with Gasteiger partial charge in [-0.2, -0.15) is 0 Å². The molecular weight excluding hydrogens is 446 g/mol. The first-order chi connectivity index (χ1) is 17.0. The molecule has 0 aliphatic rings. The number of carbonyl (C=O) groups excluding carboxylic acids is 3. The Morgan fingerprint density at radius 1 is 0.714 bits per heavy atom. The van der Waals surface area contributed by atoms with Crippen molar-refractivity contribution in [2.45, 2.75) is 130 Å². The number of amides is 1. The van der Waals surface area contributed by atoms with Gasteiger partial charge in [0.05, 0.1) is 0 Å². The maximum absolute atomic E-state index is 12.0. The highest BCUT2D eigenvalue weighted by atomic mass is 16.6. The Morgan fingerprint density at radius 3 is 1.86 bits per heavy atom. The van der Waals surface area contributed by atoms with Crippen LogP contribution in [0.3, 0.4) is 0 Å². The summed E-state index contributed by atoms with van der Waals surface area (Å²) in [5.41, 5.74) is 0. The smallest absolute Gasteiger partial charge is 0.407 e. The Labute approximate surface area is 213 Å². The van der Waals surface area contributed by atoms with E-state index in [4.69, 9.17) is 14.2 Å². The molecule has 0 rings (SSSR count). The summed E-state index contributed by atoms with van der Waals surface area (Å²) in [6.45, 7) is 5.79. The molecular formula is C28H51NO6. The molecule has 35 heavy (non-hydrogen) atoms. The number of nitrogens with one attached hydrogen (secondary N) is 1. The van der Waals surface area contributed by atoms with E-state index in [1.807, 2.05) is 6.92 Å². The molecule has 0 heterocycles. The van der Waals surface area contributed by atoms with Crippen LogP contribution >= 0.6 is 0 Å². The molecule has 7 nitrogen and oxygen atoms in total. The highest BCUT2D eigenvalue weighted by molar-refractivity contribution is 5.69. The second kappa shape index (κ2) is 25.1.